The van der Waals surface area contributed by atoms with E-state index in [9.17, 15) is 4.79 Å². The Morgan fingerprint density at radius 3 is 1.84 bits per heavy atom. The summed E-state index contributed by atoms with van der Waals surface area (Å²) in [5.74, 6) is 0. The SMILES string of the molecule is CCN(C)C.CN(C)CCOCCN(C)c1c(C(C)(C)C)c(=O)c1=S. The first kappa shape index (κ1) is 24.2. The first-order valence-electron chi connectivity index (χ1n) is 8.85. The maximum atomic E-state index is 11.9. The molecule has 0 amide bonds. The molecule has 0 saturated heterocycles. The molecule has 0 radical (unpaired) electrons. The van der Waals surface area contributed by atoms with E-state index in [1.54, 1.807) is 0 Å². The van der Waals surface area contributed by atoms with E-state index in [1.165, 1.54) is 0 Å². The second-order valence-corrected chi connectivity index (χ2v) is 8.27. The minimum absolute atomic E-state index is 0.0304. The first-order valence-corrected chi connectivity index (χ1v) is 9.26. The van der Waals surface area contributed by atoms with Crippen LogP contribution in [0, 0.1) is 4.51 Å². The zero-order valence-electron chi connectivity index (χ0n) is 17.6. The molecule has 0 spiro atoms. The van der Waals surface area contributed by atoms with Crippen molar-refractivity contribution in [3.8, 4) is 0 Å². The normalized spacial score (nSPS) is 11.8. The van der Waals surface area contributed by atoms with Crippen molar-refractivity contribution >= 4 is 17.9 Å². The Hall–Kier alpha value is -0.820. The predicted octanol–water partition coefficient (Wildman–Crippen LogP) is 2.53. The zero-order chi connectivity index (χ0) is 19.8. The van der Waals surface area contributed by atoms with Gasteiger partial charge in [0.05, 0.1) is 18.9 Å². The molecular weight excluding hydrogens is 334 g/mol. The number of ether oxygens (including phenoxy) is 1. The van der Waals surface area contributed by atoms with Gasteiger partial charge < -0.3 is 19.4 Å². The minimum Gasteiger partial charge on any atom is -0.378 e. The van der Waals surface area contributed by atoms with E-state index in [4.69, 9.17) is 17.0 Å². The summed E-state index contributed by atoms with van der Waals surface area (Å²) in [6.07, 6.45) is 0. The Morgan fingerprint density at radius 1 is 0.960 bits per heavy atom. The van der Waals surface area contributed by atoms with Crippen molar-refractivity contribution in [1.82, 2.24) is 9.80 Å². The van der Waals surface area contributed by atoms with Crippen molar-refractivity contribution in [2.75, 3.05) is 73.0 Å². The molecule has 0 aliphatic rings. The van der Waals surface area contributed by atoms with Crippen LogP contribution in [0.2, 0.25) is 0 Å². The molecule has 0 aliphatic heterocycles. The lowest BCUT2D eigenvalue weighted by Gasteiger charge is -2.30. The van der Waals surface area contributed by atoms with Gasteiger partial charge in [-0.3, -0.25) is 4.79 Å². The van der Waals surface area contributed by atoms with Gasteiger partial charge in [-0.2, -0.15) is 0 Å². The second kappa shape index (κ2) is 11.0. The first-order chi connectivity index (χ1) is 11.4. The largest absolute Gasteiger partial charge is 0.378 e. The van der Waals surface area contributed by atoms with Crippen molar-refractivity contribution in [3.63, 3.8) is 0 Å². The summed E-state index contributed by atoms with van der Waals surface area (Å²) in [5.41, 5.74) is 1.64. The highest BCUT2D eigenvalue weighted by Gasteiger charge is 2.29. The van der Waals surface area contributed by atoms with Crippen LogP contribution in [0.15, 0.2) is 4.79 Å². The summed E-state index contributed by atoms with van der Waals surface area (Å²) < 4.78 is 6.05. The van der Waals surface area contributed by atoms with Crippen molar-refractivity contribution in [2.24, 2.45) is 0 Å². The standard InChI is InChI=1S/C15H26N2O2S.C4H11N/c1-15(2,3)11-12(14(20)13(11)18)17(6)8-10-19-9-7-16(4)5;1-4-5(2)3/h7-10H2,1-6H3;4H2,1-3H3. The average Bonchev–Trinajstić information content (AvgIpc) is 2.49. The third-order valence-electron chi connectivity index (χ3n) is 3.90. The molecule has 1 aromatic rings. The topological polar surface area (TPSA) is 36.0 Å². The van der Waals surface area contributed by atoms with Crippen molar-refractivity contribution < 1.29 is 4.74 Å². The minimum atomic E-state index is -0.158. The molecule has 0 unspecified atom stereocenters. The van der Waals surface area contributed by atoms with E-state index in [1.807, 2.05) is 46.8 Å². The van der Waals surface area contributed by atoms with Crippen LogP contribution < -0.4 is 10.3 Å². The molecule has 146 valence electrons. The van der Waals surface area contributed by atoms with Crippen LogP contribution in [0.3, 0.4) is 0 Å². The van der Waals surface area contributed by atoms with Crippen LogP contribution in [0.1, 0.15) is 33.3 Å². The molecule has 1 rings (SSSR count). The van der Waals surface area contributed by atoms with Gasteiger partial charge in [-0.15, -0.1) is 0 Å². The molecule has 25 heavy (non-hydrogen) atoms. The van der Waals surface area contributed by atoms with Crippen LogP contribution in [0.4, 0.5) is 5.69 Å². The smallest absolute Gasteiger partial charge is 0.204 e. The van der Waals surface area contributed by atoms with Gasteiger partial charge in [0.2, 0.25) is 5.43 Å². The van der Waals surface area contributed by atoms with Crippen LogP contribution in [-0.4, -0.2) is 77.9 Å². The molecular formula is C19H37N3O2S. The molecule has 0 saturated carbocycles. The fourth-order valence-electron chi connectivity index (χ4n) is 2.10. The van der Waals surface area contributed by atoms with Crippen LogP contribution >= 0.6 is 12.2 Å². The van der Waals surface area contributed by atoms with Gasteiger partial charge in [0, 0.05) is 25.7 Å². The zero-order valence-corrected chi connectivity index (χ0v) is 18.4. The van der Waals surface area contributed by atoms with Crippen LogP contribution in [-0.2, 0) is 10.2 Å². The lowest BCUT2D eigenvalue weighted by molar-refractivity contribution is 0.123. The molecule has 0 aliphatic carbocycles. The Kier molecular flexibility index (Phi) is 10.7. The maximum absolute atomic E-state index is 11.9. The summed E-state index contributed by atoms with van der Waals surface area (Å²) in [6, 6.07) is 0. The third-order valence-corrected chi connectivity index (χ3v) is 4.28. The number of hydrogen-bond acceptors (Lipinski definition) is 6. The van der Waals surface area contributed by atoms with Gasteiger partial charge in [0.15, 0.2) is 0 Å². The van der Waals surface area contributed by atoms with E-state index >= 15 is 0 Å². The lowest BCUT2D eigenvalue weighted by atomic mass is 9.82. The lowest BCUT2D eigenvalue weighted by Crippen LogP contribution is -2.36. The summed E-state index contributed by atoms with van der Waals surface area (Å²) >= 11 is 5.19. The predicted molar refractivity (Wildman–Crippen MR) is 111 cm³/mol. The van der Waals surface area contributed by atoms with Crippen LogP contribution in [0.5, 0.6) is 0 Å². The monoisotopic (exact) mass is 371 g/mol. The molecule has 6 heteroatoms. The van der Waals surface area contributed by atoms with Gasteiger partial charge in [0.25, 0.3) is 0 Å². The molecule has 0 fully saturated rings. The highest BCUT2D eigenvalue weighted by atomic mass is 32.1. The number of anilines is 1. The average molecular weight is 372 g/mol. The summed E-state index contributed by atoms with van der Waals surface area (Å²) in [7, 11) is 10.1. The Labute approximate surface area is 159 Å². The number of hydrogen-bond donors (Lipinski definition) is 0. The fraction of sp³-hybridized carbons (Fsp3) is 0.789. The fourth-order valence-corrected chi connectivity index (χ4v) is 2.46. The second-order valence-electron chi connectivity index (χ2n) is 7.86. The third kappa shape index (κ3) is 8.40. The van der Waals surface area contributed by atoms with Gasteiger partial charge in [-0.1, -0.05) is 39.9 Å². The molecule has 5 nitrogen and oxygen atoms in total. The summed E-state index contributed by atoms with van der Waals surface area (Å²) in [4.78, 5) is 18.2. The van der Waals surface area contributed by atoms with Gasteiger partial charge in [-0.25, -0.2) is 0 Å². The Balaban J connectivity index is 0.00000101. The van der Waals surface area contributed by atoms with E-state index in [0.29, 0.717) is 11.1 Å². The number of nitrogens with zero attached hydrogens (tertiary/aromatic N) is 3. The van der Waals surface area contributed by atoms with Gasteiger partial charge in [-0.05, 0) is 40.2 Å². The number of likely N-dealkylation sites (N-methyl/N-ethyl adjacent to an activating group) is 2. The molecule has 0 atom stereocenters. The molecule has 0 bridgehead atoms. The molecule has 0 N–H and O–H groups in total. The number of rotatable bonds is 8. The maximum Gasteiger partial charge on any atom is 0.204 e. The Bertz CT molecular complexity index is 570. The quantitative estimate of drug-likeness (QED) is 0.516. The van der Waals surface area contributed by atoms with Crippen molar-refractivity contribution in [3.05, 3.63) is 20.3 Å². The van der Waals surface area contributed by atoms with E-state index in [2.05, 4.69) is 30.8 Å². The van der Waals surface area contributed by atoms with E-state index in [-0.39, 0.29) is 10.8 Å². The van der Waals surface area contributed by atoms with E-state index < -0.39 is 0 Å². The molecule has 1 aromatic carbocycles. The van der Waals surface area contributed by atoms with Gasteiger partial charge >= 0.3 is 0 Å². The van der Waals surface area contributed by atoms with Crippen LogP contribution in [0.25, 0.3) is 0 Å². The molecule has 0 aromatic heterocycles. The highest BCUT2D eigenvalue weighted by Crippen LogP contribution is 2.32. The van der Waals surface area contributed by atoms with Crippen molar-refractivity contribution in [2.45, 2.75) is 33.1 Å². The van der Waals surface area contributed by atoms with Gasteiger partial charge in [0.1, 0.15) is 4.51 Å². The Morgan fingerprint density at radius 2 is 1.44 bits per heavy atom. The van der Waals surface area contributed by atoms with E-state index in [0.717, 1.165) is 37.5 Å². The summed E-state index contributed by atoms with van der Waals surface area (Å²) in [5, 5.41) is 0. The molecule has 0 heterocycles. The highest BCUT2D eigenvalue weighted by molar-refractivity contribution is 7.71. The summed E-state index contributed by atoms with van der Waals surface area (Å²) in [6.45, 7) is 12.4. The van der Waals surface area contributed by atoms with Crippen molar-refractivity contribution in [1.29, 1.82) is 0 Å².